The highest BCUT2D eigenvalue weighted by molar-refractivity contribution is 7.09. The Morgan fingerprint density at radius 3 is 2.76 bits per heavy atom. The van der Waals surface area contributed by atoms with Gasteiger partial charge in [-0.2, -0.15) is 18.2 Å². The number of aromatic nitrogens is 3. The molecule has 0 aliphatic carbocycles. The SMILES string of the molecule is Cc1nc(CC(=O)NCCc2noc(C(F)(F)F)n2)cs1. The summed E-state index contributed by atoms with van der Waals surface area (Å²) in [5.74, 6) is -1.76. The molecule has 2 rings (SSSR count). The zero-order valence-electron chi connectivity index (χ0n) is 10.9. The maximum atomic E-state index is 12.2. The molecule has 6 nitrogen and oxygen atoms in total. The average Bonchev–Trinajstić information content (AvgIpc) is 2.98. The van der Waals surface area contributed by atoms with Gasteiger partial charge in [-0.25, -0.2) is 4.98 Å². The third-order valence-corrected chi connectivity index (χ3v) is 3.21. The van der Waals surface area contributed by atoms with Crippen molar-refractivity contribution in [3.05, 3.63) is 27.8 Å². The molecule has 0 unspecified atom stereocenters. The van der Waals surface area contributed by atoms with Gasteiger partial charge in [-0.15, -0.1) is 11.3 Å². The van der Waals surface area contributed by atoms with Crippen molar-refractivity contribution in [2.75, 3.05) is 6.54 Å². The normalized spacial score (nSPS) is 11.6. The molecule has 0 atom stereocenters. The van der Waals surface area contributed by atoms with Crippen LogP contribution in [0.25, 0.3) is 0 Å². The number of nitrogens with one attached hydrogen (secondary N) is 1. The Balaban J connectivity index is 1.76. The summed E-state index contributed by atoms with van der Waals surface area (Å²) in [6, 6.07) is 0. The van der Waals surface area contributed by atoms with Gasteiger partial charge >= 0.3 is 12.1 Å². The number of thiazole rings is 1. The molecule has 2 heterocycles. The molecular formula is C11H11F3N4O2S. The van der Waals surface area contributed by atoms with Gasteiger partial charge in [0.15, 0.2) is 5.82 Å². The number of hydrogen-bond acceptors (Lipinski definition) is 6. The van der Waals surface area contributed by atoms with E-state index in [1.54, 1.807) is 5.38 Å². The van der Waals surface area contributed by atoms with Crippen molar-refractivity contribution >= 4 is 17.2 Å². The van der Waals surface area contributed by atoms with Gasteiger partial charge in [-0.1, -0.05) is 5.16 Å². The van der Waals surface area contributed by atoms with Crippen LogP contribution in [-0.4, -0.2) is 27.6 Å². The molecule has 0 aromatic carbocycles. The fraction of sp³-hybridized carbons (Fsp3) is 0.455. The first-order valence-corrected chi connectivity index (χ1v) is 6.80. The molecule has 0 saturated heterocycles. The Kier molecular flexibility index (Phi) is 4.56. The number of carbonyl (C=O) groups excluding carboxylic acids is 1. The van der Waals surface area contributed by atoms with Gasteiger partial charge in [0, 0.05) is 18.3 Å². The maximum Gasteiger partial charge on any atom is 0.471 e. The topological polar surface area (TPSA) is 80.9 Å². The second-order valence-corrected chi connectivity index (χ2v) is 5.21. The lowest BCUT2D eigenvalue weighted by atomic mass is 10.3. The molecule has 0 aliphatic rings. The molecule has 0 spiro atoms. The van der Waals surface area contributed by atoms with Gasteiger partial charge in [0.25, 0.3) is 0 Å². The van der Waals surface area contributed by atoms with E-state index in [0.717, 1.165) is 5.01 Å². The van der Waals surface area contributed by atoms with Gasteiger partial charge < -0.3 is 9.84 Å². The molecule has 2 aromatic heterocycles. The monoisotopic (exact) mass is 320 g/mol. The number of rotatable bonds is 5. The van der Waals surface area contributed by atoms with E-state index in [4.69, 9.17) is 0 Å². The van der Waals surface area contributed by atoms with Crippen LogP contribution in [0.1, 0.15) is 22.4 Å². The molecule has 0 radical (unpaired) electrons. The highest BCUT2D eigenvalue weighted by atomic mass is 32.1. The Bertz CT molecular complexity index is 623. The van der Waals surface area contributed by atoms with E-state index in [9.17, 15) is 18.0 Å². The van der Waals surface area contributed by atoms with Crippen molar-refractivity contribution in [2.45, 2.75) is 25.9 Å². The molecule has 114 valence electrons. The van der Waals surface area contributed by atoms with Crippen molar-refractivity contribution in [3.63, 3.8) is 0 Å². The second-order valence-electron chi connectivity index (χ2n) is 4.15. The average molecular weight is 320 g/mol. The molecule has 2 aromatic rings. The summed E-state index contributed by atoms with van der Waals surface area (Å²) in [6.45, 7) is 1.96. The van der Waals surface area contributed by atoms with Crippen LogP contribution < -0.4 is 5.32 Å². The van der Waals surface area contributed by atoms with Gasteiger partial charge in [-0.05, 0) is 6.92 Å². The Labute approximate surface area is 121 Å². The molecule has 0 aliphatic heterocycles. The van der Waals surface area contributed by atoms with Crippen molar-refractivity contribution in [3.8, 4) is 0 Å². The third kappa shape index (κ3) is 4.52. The van der Waals surface area contributed by atoms with E-state index < -0.39 is 12.1 Å². The highest BCUT2D eigenvalue weighted by Crippen LogP contribution is 2.27. The molecular weight excluding hydrogens is 309 g/mol. The van der Waals surface area contributed by atoms with Crippen LogP contribution in [0.4, 0.5) is 13.2 Å². The molecule has 10 heteroatoms. The molecule has 1 N–H and O–H groups in total. The maximum absolute atomic E-state index is 12.2. The van der Waals surface area contributed by atoms with Crippen LogP contribution in [0, 0.1) is 6.92 Å². The summed E-state index contributed by atoms with van der Waals surface area (Å²) in [4.78, 5) is 18.9. The first-order valence-electron chi connectivity index (χ1n) is 5.92. The lowest BCUT2D eigenvalue weighted by Crippen LogP contribution is -2.27. The summed E-state index contributed by atoms with van der Waals surface area (Å²) in [7, 11) is 0. The number of hydrogen-bond donors (Lipinski definition) is 1. The zero-order valence-corrected chi connectivity index (χ0v) is 11.7. The molecule has 1 amide bonds. The first kappa shape index (κ1) is 15.4. The Morgan fingerprint density at radius 2 is 2.19 bits per heavy atom. The van der Waals surface area contributed by atoms with Crippen LogP contribution in [0.15, 0.2) is 9.90 Å². The summed E-state index contributed by atoms with van der Waals surface area (Å²) in [5.41, 5.74) is 0.661. The predicted molar refractivity (Wildman–Crippen MR) is 66.6 cm³/mol. The smallest absolute Gasteiger partial charge is 0.355 e. The van der Waals surface area contributed by atoms with Crippen LogP contribution >= 0.6 is 11.3 Å². The van der Waals surface area contributed by atoms with E-state index in [1.807, 2.05) is 6.92 Å². The number of halogens is 3. The molecule has 21 heavy (non-hydrogen) atoms. The molecule has 0 saturated carbocycles. The van der Waals surface area contributed by atoms with Crippen molar-refractivity contribution in [2.24, 2.45) is 0 Å². The summed E-state index contributed by atoms with van der Waals surface area (Å²) >= 11 is 1.44. The number of amides is 1. The molecule has 0 fully saturated rings. The minimum atomic E-state index is -4.66. The van der Waals surface area contributed by atoms with E-state index in [1.165, 1.54) is 11.3 Å². The van der Waals surface area contributed by atoms with Gasteiger partial charge in [-0.3, -0.25) is 4.79 Å². The van der Waals surface area contributed by atoms with Crippen molar-refractivity contribution < 1.29 is 22.5 Å². The Morgan fingerprint density at radius 1 is 1.43 bits per heavy atom. The van der Waals surface area contributed by atoms with Crippen LogP contribution in [0.2, 0.25) is 0 Å². The van der Waals surface area contributed by atoms with Crippen LogP contribution in [0.3, 0.4) is 0 Å². The zero-order chi connectivity index (χ0) is 15.5. The minimum absolute atomic E-state index is 0.0570. The van der Waals surface area contributed by atoms with E-state index in [2.05, 4.69) is 25.0 Å². The summed E-state index contributed by atoms with van der Waals surface area (Å²) < 4.78 is 40.7. The fourth-order valence-corrected chi connectivity index (χ4v) is 2.11. The standard InChI is InChI=1S/C11H11F3N4O2S/c1-6-16-7(5-21-6)4-9(19)15-3-2-8-17-10(20-18-8)11(12,13)14/h5H,2-4H2,1H3,(H,15,19). The largest absolute Gasteiger partial charge is 0.471 e. The Hall–Kier alpha value is -1.97. The minimum Gasteiger partial charge on any atom is -0.355 e. The summed E-state index contributed by atoms with van der Waals surface area (Å²) in [6.07, 6.45) is -4.47. The third-order valence-electron chi connectivity index (χ3n) is 2.39. The number of carbonyl (C=O) groups is 1. The number of nitrogens with zero attached hydrogens (tertiary/aromatic N) is 3. The molecule has 0 bridgehead atoms. The quantitative estimate of drug-likeness (QED) is 0.908. The van der Waals surface area contributed by atoms with E-state index in [-0.39, 0.29) is 31.1 Å². The highest BCUT2D eigenvalue weighted by Gasteiger charge is 2.38. The lowest BCUT2D eigenvalue weighted by Gasteiger charge is -2.01. The van der Waals surface area contributed by atoms with Crippen molar-refractivity contribution in [1.29, 1.82) is 0 Å². The first-order chi connectivity index (χ1) is 9.84. The van der Waals surface area contributed by atoms with Gasteiger partial charge in [0.2, 0.25) is 5.91 Å². The van der Waals surface area contributed by atoms with Gasteiger partial charge in [0.05, 0.1) is 17.1 Å². The summed E-state index contributed by atoms with van der Waals surface area (Å²) in [5, 5.41) is 8.40. The second kappa shape index (κ2) is 6.20. The van der Waals surface area contributed by atoms with Crippen LogP contribution in [0.5, 0.6) is 0 Å². The van der Waals surface area contributed by atoms with E-state index in [0.29, 0.717) is 5.69 Å². The fourth-order valence-electron chi connectivity index (χ4n) is 1.50. The van der Waals surface area contributed by atoms with Crippen LogP contribution in [-0.2, 0) is 23.8 Å². The lowest BCUT2D eigenvalue weighted by molar-refractivity contribution is -0.159. The number of aryl methyl sites for hydroxylation is 1. The number of alkyl halides is 3. The van der Waals surface area contributed by atoms with Crippen molar-refractivity contribution in [1.82, 2.24) is 20.4 Å². The van der Waals surface area contributed by atoms with Gasteiger partial charge in [0.1, 0.15) is 0 Å². The predicted octanol–water partition coefficient (Wildman–Crippen LogP) is 1.75. The van der Waals surface area contributed by atoms with E-state index >= 15 is 0 Å².